The van der Waals surface area contributed by atoms with Crippen LogP contribution in [0.1, 0.15) is 68.5 Å². The molecule has 0 radical (unpaired) electrons. The Kier molecular flexibility index (Phi) is 2.67. The molecule has 0 unspecified atom stereocenters. The first-order valence-electron chi connectivity index (χ1n) is 6.42. The van der Waals surface area contributed by atoms with Gasteiger partial charge in [0.1, 0.15) is 0 Å². The lowest BCUT2D eigenvalue weighted by Crippen LogP contribution is -2.14. The predicted octanol–water partition coefficient (Wildman–Crippen LogP) is 2.32. The summed E-state index contributed by atoms with van der Waals surface area (Å²) in [4.78, 5) is 4.58. The van der Waals surface area contributed by atoms with E-state index in [2.05, 4.69) is 10.1 Å². The van der Waals surface area contributed by atoms with Crippen molar-refractivity contribution in [3.05, 3.63) is 11.7 Å². The zero-order valence-corrected chi connectivity index (χ0v) is 9.56. The van der Waals surface area contributed by atoms with E-state index < -0.39 is 0 Å². The van der Waals surface area contributed by atoms with Crippen LogP contribution in [-0.2, 0) is 0 Å². The van der Waals surface area contributed by atoms with Crippen molar-refractivity contribution in [2.45, 2.75) is 62.8 Å². The first-order chi connectivity index (χ1) is 7.83. The fourth-order valence-electron chi connectivity index (χ4n) is 3.00. The van der Waals surface area contributed by atoms with Gasteiger partial charge in [-0.1, -0.05) is 18.0 Å². The molecular formula is C12H19N3O. The van der Waals surface area contributed by atoms with E-state index in [4.69, 9.17) is 10.3 Å². The van der Waals surface area contributed by atoms with Crippen LogP contribution >= 0.6 is 0 Å². The maximum Gasteiger partial charge on any atom is 0.229 e. The molecular weight excluding hydrogens is 202 g/mol. The molecule has 2 aliphatic carbocycles. The van der Waals surface area contributed by atoms with Crippen LogP contribution < -0.4 is 5.73 Å². The third kappa shape index (κ3) is 1.86. The van der Waals surface area contributed by atoms with E-state index in [-0.39, 0.29) is 0 Å². The molecule has 1 aromatic heterocycles. The van der Waals surface area contributed by atoms with Gasteiger partial charge in [-0.15, -0.1) is 0 Å². The third-order valence-corrected chi connectivity index (χ3v) is 4.00. The van der Waals surface area contributed by atoms with Gasteiger partial charge in [0.05, 0.1) is 0 Å². The van der Waals surface area contributed by atoms with Gasteiger partial charge in [0.2, 0.25) is 5.89 Å². The van der Waals surface area contributed by atoms with Crippen LogP contribution in [-0.4, -0.2) is 16.2 Å². The molecule has 2 N–H and O–H groups in total. The SMILES string of the molecule is N[C@H]1CC[C@@H](c2nc(C3CCCC3)no2)C1. The van der Waals surface area contributed by atoms with Crippen LogP contribution in [0.15, 0.2) is 4.52 Å². The molecule has 0 saturated heterocycles. The minimum absolute atomic E-state index is 0.326. The molecule has 88 valence electrons. The van der Waals surface area contributed by atoms with E-state index in [0.717, 1.165) is 31.0 Å². The summed E-state index contributed by atoms with van der Waals surface area (Å²) in [7, 11) is 0. The van der Waals surface area contributed by atoms with Crippen molar-refractivity contribution < 1.29 is 4.52 Å². The summed E-state index contributed by atoms with van der Waals surface area (Å²) in [6.45, 7) is 0. The molecule has 4 heteroatoms. The Bertz CT molecular complexity index is 357. The van der Waals surface area contributed by atoms with Crippen LogP contribution in [0.2, 0.25) is 0 Å². The minimum atomic E-state index is 0.326. The minimum Gasteiger partial charge on any atom is -0.339 e. The molecule has 0 bridgehead atoms. The number of rotatable bonds is 2. The monoisotopic (exact) mass is 221 g/mol. The maximum absolute atomic E-state index is 5.90. The smallest absolute Gasteiger partial charge is 0.229 e. The van der Waals surface area contributed by atoms with Gasteiger partial charge >= 0.3 is 0 Å². The number of hydrogen-bond donors (Lipinski definition) is 1. The Hall–Kier alpha value is -0.900. The Morgan fingerprint density at radius 2 is 1.88 bits per heavy atom. The van der Waals surface area contributed by atoms with E-state index in [1.165, 1.54) is 25.7 Å². The average Bonchev–Trinajstić information content (AvgIpc) is 2.97. The maximum atomic E-state index is 5.90. The lowest BCUT2D eigenvalue weighted by molar-refractivity contribution is 0.347. The highest BCUT2D eigenvalue weighted by molar-refractivity contribution is 5.03. The van der Waals surface area contributed by atoms with E-state index in [9.17, 15) is 0 Å². The Morgan fingerprint density at radius 3 is 2.56 bits per heavy atom. The van der Waals surface area contributed by atoms with Crippen molar-refractivity contribution >= 4 is 0 Å². The highest BCUT2D eigenvalue weighted by Gasteiger charge is 2.29. The van der Waals surface area contributed by atoms with Gasteiger partial charge in [0, 0.05) is 17.9 Å². The lowest BCUT2D eigenvalue weighted by atomic mass is 10.1. The summed E-state index contributed by atoms with van der Waals surface area (Å²) >= 11 is 0. The van der Waals surface area contributed by atoms with Crippen LogP contribution in [0.4, 0.5) is 0 Å². The fraction of sp³-hybridized carbons (Fsp3) is 0.833. The summed E-state index contributed by atoms with van der Waals surface area (Å²) in [6.07, 6.45) is 8.27. The van der Waals surface area contributed by atoms with Gasteiger partial charge in [0.15, 0.2) is 5.82 Å². The quantitative estimate of drug-likeness (QED) is 0.832. The normalized spacial score (nSPS) is 31.3. The number of aromatic nitrogens is 2. The highest BCUT2D eigenvalue weighted by Crippen LogP contribution is 2.36. The topological polar surface area (TPSA) is 64.9 Å². The molecule has 2 aliphatic rings. The van der Waals surface area contributed by atoms with Gasteiger partial charge in [-0.05, 0) is 32.1 Å². The molecule has 2 fully saturated rings. The van der Waals surface area contributed by atoms with Crippen molar-refractivity contribution in [1.29, 1.82) is 0 Å². The van der Waals surface area contributed by atoms with Crippen molar-refractivity contribution in [3.8, 4) is 0 Å². The molecule has 16 heavy (non-hydrogen) atoms. The number of nitrogens with two attached hydrogens (primary N) is 1. The summed E-state index contributed by atoms with van der Waals surface area (Å²) in [5.41, 5.74) is 5.90. The van der Waals surface area contributed by atoms with Crippen molar-refractivity contribution in [2.24, 2.45) is 5.73 Å². The van der Waals surface area contributed by atoms with Crippen LogP contribution in [0.25, 0.3) is 0 Å². The summed E-state index contributed by atoms with van der Waals surface area (Å²) in [5, 5.41) is 4.14. The molecule has 0 amide bonds. The van der Waals surface area contributed by atoms with E-state index in [0.29, 0.717) is 17.9 Å². The molecule has 1 heterocycles. The average molecular weight is 221 g/mol. The summed E-state index contributed by atoms with van der Waals surface area (Å²) in [5.74, 6) is 2.73. The lowest BCUT2D eigenvalue weighted by Gasteiger charge is -2.02. The predicted molar refractivity (Wildman–Crippen MR) is 60.1 cm³/mol. The van der Waals surface area contributed by atoms with Crippen LogP contribution in [0.5, 0.6) is 0 Å². The van der Waals surface area contributed by atoms with Crippen LogP contribution in [0.3, 0.4) is 0 Å². The zero-order valence-electron chi connectivity index (χ0n) is 9.56. The molecule has 1 aromatic rings. The largest absolute Gasteiger partial charge is 0.339 e. The highest BCUT2D eigenvalue weighted by atomic mass is 16.5. The first-order valence-corrected chi connectivity index (χ1v) is 6.42. The van der Waals surface area contributed by atoms with E-state index in [1.807, 2.05) is 0 Å². The molecule has 0 aliphatic heterocycles. The molecule has 2 saturated carbocycles. The fourth-order valence-corrected chi connectivity index (χ4v) is 3.00. The second kappa shape index (κ2) is 4.17. The zero-order chi connectivity index (χ0) is 11.0. The van der Waals surface area contributed by atoms with Gasteiger partial charge in [0.25, 0.3) is 0 Å². The van der Waals surface area contributed by atoms with Crippen LogP contribution in [0, 0.1) is 0 Å². The standard InChI is InChI=1S/C12H19N3O/c13-10-6-5-9(7-10)12-14-11(15-16-12)8-3-1-2-4-8/h8-10H,1-7,13H2/t9-,10+/m1/s1. The second-order valence-corrected chi connectivity index (χ2v) is 5.24. The van der Waals surface area contributed by atoms with E-state index in [1.54, 1.807) is 0 Å². The molecule has 0 aromatic carbocycles. The summed E-state index contributed by atoms with van der Waals surface area (Å²) < 4.78 is 5.39. The second-order valence-electron chi connectivity index (χ2n) is 5.24. The number of hydrogen-bond acceptors (Lipinski definition) is 4. The van der Waals surface area contributed by atoms with Crippen molar-refractivity contribution in [3.63, 3.8) is 0 Å². The molecule has 2 atom stereocenters. The summed E-state index contributed by atoms with van der Waals surface area (Å²) in [6, 6.07) is 0.326. The Balaban J connectivity index is 1.72. The van der Waals surface area contributed by atoms with Gasteiger partial charge in [-0.2, -0.15) is 4.98 Å². The van der Waals surface area contributed by atoms with Gasteiger partial charge in [-0.3, -0.25) is 0 Å². The van der Waals surface area contributed by atoms with E-state index >= 15 is 0 Å². The van der Waals surface area contributed by atoms with Gasteiger partial charge < -0.3 is 10.3 Å². The van der Waals surface area contributed by atoms with Crippen molar-refractivity contribution in [2.75, 3.05) is 0 Å². The first kappa shape index (κ1) is 10.3. The van der Waals surface area contributed by atoms with Crippen molar-refractivity contribution in [1.82, 2.24) is 10.1 Å². The Labute approximate surface area is 95.6 Å². The molecule has 0 spiro atoms. The number of nitrogens with zero attached hydrogens (tertiary/aromatic N) is 2. The molecule has 4 nitrogen and oxygen atoms in total. The Morgan fingerprint density at radius 1 is 1.06 bits per heavy atom. The third-order valence-electron chi connectivity index (χ3n) is 4.00. The van der Waals surface area contributed by atoms with Gasteiger partial charge in [-0.25, -0.2) is 0 Å². The molecule has 3 rings (SSSR count).